The fourth-order valence-electron chi connectivity index (χ4n) is 10.7. The summed E-state index contributed by atoms with van der Waals surface area (Å²) in [5.74, 6) is 0.927. The summed E-state index contributed by atoms with van der Waals surface area (Å²) in [5, 5.41) is 0. The highest BCUT2D eigenvalue weighted by Crippen LogP contribution is 2.64. The summed E-state index contributed by atoms with van der Waals surface area (Å²) in [5.41, 5.74) is 24.3. The number of anilines is 8. The van der Waals surface area contributed by atoms with Crippen molar-refractivity contribution >= 4 is 104 Å². The van der Waals surface area contributed by atoms with Crippen LogP contribution in [0.5, 0.6) is 0 Å². The first kappa shape index (κ1) is 34.9. The molecule has 59 heavy (non-hydrogen) atoms. The SMILES string of the molecule is Cc1cc2c3c(c1C)Sc1cc(C(C)C)ccc1N3B1c3sc4c(c3-c3ccccc3N12)-c1ccccc1N1B4N2c3ccc(C(C)C)cc3Sc3c(C)c(C)cc1c32. The Morgan fingerprint density at radius 1 is 0.458 bits per heavy atom. The standard InChI is InChI=1S/C50H42B2N4S3/c1-25(2)31-17-19-37-41(23-31)57-47-29(7)27(5)21-39-45(47)55(37)51-49-43(33-13-9-11-15-35(33)53(39)51)44-34-14-10-12-16-36(34)54-40-22-28(6)30(8)48-46(40)56(52(54)50(44)59-49)38-20-18-32(26(3)4)24-42(38)58-48/h9-26H,1-8H3. The van der Waals surface area contributed by atoms with Crippen LogP contribution in [0, 0.1) is 27.7 Å². The van der Waals surface area contributed by atoms with Crippen molar-refractivity contribution in [1.82, 2.24) is 0 Å². The van der Waals surface area contributed by atoms with E-state index in [1.54, 1.807) is 0 Å². The van der Waals surface area contributed by atoms with Crippen LogP contribution in [0.3, 0.4) is 0 Å². The Bertz CT molecular complexity index is 2870. The van der Waals surface area contributed by atoms with Gasteiger partial charge in [0.25, 0.3) is 0 Å². The average Bonchev–Trinajstić information content (AvgIpc) is 3.91. The van der Waals surface area contributed by atoms with Crippen molar-refractivity contribution in [3.8, 4) is 22.3 Å². The van der Waals surface area contributed by atoms with E-state index in [2.05, 4.69) is 183 Å². The third-order valence-corrected chi connectivity index (χ3v) is 17.8. The normalized spacial score (nSPS) is 15.4. The minimum absolute atomic E-state index is 0.0164. The van der Waals surface area contributed by atoms with Crippen molar-refractivity contribution in [2.75, 3.05) is 19.2 Å². The van der Waals surface area contributed by atoms with Gasteiger partial charge in [-0.05, 0) is 121 Å². The fraction of sp³-hybridized carbons (Fsp3) is 0.200. The lowest BCUT2D eigenvalue weighted by atomic mass is 9.60. The van der Waals surface area contributed by atoms with Gasteiger partial charge in [-0.1, -0.05) is 99.7 Å². The molecule has 7 aromatic rings. The first-order valence-electron chi connectivity index (χ1n) is 21.0. The van der Waals surface area contributed by atoms with Gasteiger partial charge in [0.1, 0.15) is 0 Å². The number of para-hydroxylation sites is 2. The molecule has 1 aromatic heterocycles. The van der Waals surface area contributed by atoms with E-state index >= 15 is 0 Å². The van der Waals surface area contributed by atoms with E-state index in [-0.39, 0.29) is 14.0 Å². The van der Waals surface area contributed by atoms with Gasteiger partial charge in [-0.15, -0.1) is 0 Å². The molecule has 6 aliphatic heterocycles. The van der Waals surface area contributed by atoms with E-state index in [4.69, 9.17) is 0 Å². The van der Waals surface area contributed by atoms with Gasteiger partial charge in [-0.3, -0.25) is 0 Å². The summed E-state index contributed by atoms with van der Waals surface area (Å²) in [4.78, 5) is 16.3. The number of thiophene rings is 1. The molecule has 6 aliphatic rings. The summed E-state index contributed by atoms with van der Waals surface area (Å²) in [6, 6.07) is 38.0. The van der Waals surface area contributed by atoms with Gasteiger partial charge in [0, 0.05) is 74.1 Å². The number of hydrogen-bond donors (Lipinski definition) is 0. The Hall–Kier alpha value is -4.95. The molecular weight excluding hydrogens is 774 g/mol. The molecule has 4 nitrogen and oxygen atoms in total. The van der Waals surface area contributed by atoms with Crippen molar-refractivity contribution in [2.24, 2.45) is 0 Å². The molecule has 0 fully saturated rings. The van der Waals surface area contributed by atoms with Crippen LogP contribution >= 0.6 is 34.9 Å². The quantitative estimate of drug-likeness (QED) is 0.160. The molecule has 6 aromatic carbocycles. The molecule has 0 spiro atoms. The summed E-state index contributed by atoms with van der Waals surface area (Å²) in [6.07, 6.45) is 0. The van der Waals surface area contributed by atoms with Crippen LogP contribution in [0.4, 0.5) is 45.5 Å². The van der Waals surface area contributed by atoms with Gasteiger partial charge < -0.3 is 19.2 Å². The van der Waals surface area contributed by atoms with Gasteiger partial charge >= 0.3 is 14.0 Å². The molecule has 0 N–H and O–H groups in total. The molecule has 0 saturated heterocycles. The third kappa shape index (κ3) is 4.31. The van der Waals surface area contributed by atoms with Crippen LogP contribution in [0.1, 0.15) is 72.9 Å². The second-order valence-corrected chi connectivity index (χ2v) is 21.0. The zero-order chi connectivity index (χ0) is 39.9. The van der Waals surface area contributed by atoms with Gasteiger partial charge in [-0.2, -0.15) is 11.3 Å². The lowest BCUT2D eigenvalue weighted by molar-refractivity contribution is 0.862. The van der Waals surface area contributed by atoms with E-state index in [0.29, 0.717) is 11.8 Å². The number of benzene rings is 6. The van der Waals surface area contributed by atoms with Crippen LogP contribution in [-0.2, 0) is 0 Å². The number of hydrogen-bond acceptors (Lipinski definition) is 7. The molecule has 7 heterocycles. The first-order valence-corrected chi connectivity index (χ1v) is 23.5. The lowest BCUT2D eigenvalue weighted by Gasteiger charge is -2.38. The Morgan fingerprint density at radius 3 is 1.31 bits per heavy atom. The van der Waals surface area contributed by atoms with Crippen LogP contribution in [0.15, 0.2) is 117 Å². The molecule has 0 bridgehead atoms. The van der Waals surface area contributed by atoms with Gasteiger partial charge in [0.2, 0.25) is 0 Å². The Morgan fingerprint density at radius 2 is 0.881 bits per heavy atom. The smallest absolute Gasteiger partial charge is 0.359 e. The fourth-order valence-corrected chi connectivity index (χ4v) is 14.8. The summed E-state index contributed by atoms with van der Waals surface area (Å²) in [6.45, 7) is 18.5. The predicted molar refractivity (Wildman–Crippen MR) is 256 cm³/mol. The molecule has 0 aliphatic carbocycles. The zero-order valence-corrected chi connectivity index (χ0v) is 37.0. The Labute approximate surface area is 360 Å². The van der Waals surface area contributed by atoms with E-state index in [9.17, 15) is 0 Å². The van der Waals surface area contributed by atoms with Crippen LogP contribution < -0.4 is 28.8 Å². The highest BCUT2D eigenvalue weighted by atomic mass is 32.2. The molecule has 0 radical (unpaired) electrons. The zero-order valence-electron chi connectivity index (χ0n) is 34.6. The maximum absolute atomic E-state index is 2.72. The third-order valence-electron chi connectivity index (χ3n) is 14.0. The molecular formula is C50H42B2N4S3. The Balaban J connectivity index is 1.12. The number of fused-ring (bicyclic) bond motifs is 21. The highest BCUT2D eigenvalue weighted by Gasteiger charge is 2.57. The van der Waals surface area contributed by atoms with Crippen molar-refractivity contribution < 1.29 is 0 Å². The van der Waals surface area contributed by atoms with Crippen molar-refractivity contribution in [3.63, 3.8) is 0 Å². The number of rotatable bonds is 2. The minimum Gasteiger partial charge on any atom is -0.359 e. The molecule has 0 amide bonds. The molecule has 9 heteroatoms. The van der Waals surface area contributed by atoms with Crippen molar-refractivity contribution in [1.29, 1.82) is 0 Å². The van der Waals surface area contributed by atoms with E-state index in [1.165, 1.54) is 130 Å². The Kier molecular flexibility index (Phi) is 7.01. The molecule has 0 saturated carbocycles. The summed E-state index contributed by atoms with van der Waals surface area (Å²) < 4.78 is 2.86. The largest absolute Gasteiger partial charge is 0.432 e. The first-order chi connectivity index (χ1) is 28.6. The highest BCUT2D eigenvalue weighted by molar-refractivity contribution is 8.00. The van der Waals surface area contributed by atoms with E-state index < -0.39 is 0 Å². The summed E-state index contributed by atoms with van der Waals surface area (Å²) >= 11 is 6.01. The topological polar surface area (TPSA) is 13.0 Å². The maximum Gasteiger partial charge on any atom is 0.432 e. The van der Waals surface area contributed by atoms with Gasteiger partial charge in [-0.25, -0.2) is 0 Å². The minimum atomic E-state index is -0.0164. The van der Waals surface area contributed by atoms with E-state index in [1.807, 2.05) is 23.5 Å². The summed E-state index contributed by atoms with van der Waals surface area (Å²) in [7, 11) is 0. The monoisotopic (exact) mass is 816 g/mol. The van der Waals surface area contributed by atoms with Crippen LogP contribution in [0.2, 0.25) is 0 Å². The van der Waals surface area contributed by atoms with Crippen molar-refractivity contribution in [3.05, 3.63) is 130 Å². The molecule has 13 rings (SSSR count). The second kappa shape index (κ2) is 11.9. The van der Waals surface area contributed by atoms with Gasteiger partial charge in [0.15, 0.2) is 0 Å². The lowest BCUT2D eigenvalue weighted by Crippen LogP contribution is -2.55. The number of nitrogens with zero attached hydrogens (tertiary/aromatic N) is 4. The molecule has 0 unspecified atom stereocenters. The molecule has 0 atom stereocenters. The second-order valence-electron chi connectivity index (χ2n) is 17.8. The number of aryl methyl sites for hydroxylation is 2. The van der Waals surface area contributed by atoms with Crippen molar-refractivity contribution in [2.45, 2.75) is 86.8 Å². The van der Waals surface area contributed by atoms with Crippen LogP contribution in [0.25, 0.3) is 22.3 Å². The van der Waals surface area contributed by atoms with Gasteiger partial charge in [0.05, 0.1) is 22.7 Å². The van der Waals surface area contributed by atoms with Crippen LogP contribution in [-0.4, -0.2) is 14.0 Å². The predicted octanol–water partition coefficient (Wildman–Crippen LogP) is 13.5. The maximum atomic E-state index is 2.72. The average molecular weight is 817 g/mol. The van der Waals surface area contributed by atoms with E-state index in [0.717, 1.165) is 0 Å². The molecule has 286 valence electrons.